The quantitative estimate of drug-likeness (QED) is 0.502. The molecule has 1 aromatic carbocycles. The van der Waals surface area contributed by atoms with Crippen LogP contribution in [0.1, 0.15) is 32.6 Å². The Balaban J connectivity index is 1.72. The van der Waals surface area contributed by atoms with Gasteiger partial charge in [-0.05, 0) is 62.6 Å². The number of fused-ring (bicyclic) bond motifs is 2. The largest absolute Gasteiger partial charge is 0.769 e. The molecular weight excluding hydrogens is 356 g/mol. The van der Waals surface area contributed by atoms with Gasteiger partial charge in [0.2, 0.25) is 0 Å². The summed E-state index contributed by atoms with van der Waals surface area (Å²) >= 11 is 0. The zero-order valence-corrected chi connectivity index (χ0v) is 14.9. The first-order chi connectivity index (χ1) is 12.9. The van der Waals surface area contributed by atoms with Gasteiger partial charge < -0.3 is 20.4 Å². The number of anilines is 3. The van der Waals surface area contributed by atoms with E-state index < -0.39 is 5.23 Å². The van der Waals surface area contributed by atoms with Gasteiger partial charge in [-0.3, -0.25) is 20.6 Å². The highest BCUT2D eigenvalue weighted by Gasteiger charge is 2.46. The Morgan fingerprint density at radius 1 is 1.30 bits per heavy atom. The van der Waals surface area contributed by atoms with Crippen molar-refractivity contribution in [3.8, 4) is 0 Å². The minimum Gasteiger partial charge on any atom is -0.769 e. The fourth-order valence-electron chi connectivity index (χ4n) is 4.07. The Morgan fingerprint density at radius 3 is 2.52 bits per heavy atom. The van der Waals surface area contributed by atoms with Crippen LogP contribution < -0.4 is 15.9 Å². The molecule has 0 radical (unpaired) electrons. The second kappa shape index (κ2) is 8.09. The molecule has 2 aliphatic carbocycles. The summed E-state index contributed by atoms with van der Waals surface area (Å²) in [7, 11) is 0. The van der Waals surface area contributed by atoms with Gasteiger partial charge in [-0.25, -0.2) is 0 Å². The van der Waals surface area contributed by atoms with Crippen molar-refractivity contribution in [1.29, 1.82) is 0 Å². The number of hydrogen-bond donors (Lipinski definition) is 3. The molecule has 3 N–H and O–H groups in total. The average Bonchev–Trinajstić information content (AvgIpc) is 2.90. The summed E-state index contributed by atoms with van der Waals surface area (Å²) in [5.41, 5.74) is 3.40. The molecule has 10 heteroatoms. The normalized spacial score (nSPS) is 23.7. The standard InChI is InChI=1S/C17H22N4O6/c1-2-27-17(22)16-10-3-4-11(16)8-12(7-10)18-19-14-6-5-13(20(23)24)9-15(14)21(25)26/h5-6,9-11,16,19,25-26H,2-4,7-8H2,1H3/q-2. The number of hydrogen-bond acceptors (Lipinski definition) is 10. The van der Waals surface area contributed by atoms with Gasteiger partial charge in [0.1, 0.15) is 5.69 Å². The highest BCUT2D eigenvalue weighted by molar-refractivity contribution is 5.89. The fourth-order valence-corrected chi connectivity index (χ4v) is 4.07. The monoisotopic (exact) mass is 378 g/mol. The lowest BCUT2D eigenvalue weighted by Gasteiger charge is -2.38. The minimum atomic E-state index is -0.628. The predicted octanol–water partition coefficient (Wildman–Crippen LogP) is 2.84. The van der Waals surface area contributed by atoms with Gasteiger partial charge in [0.25, 0.3) is 0 Å². The van der Waals surface area contributed by atoms with Crippen molar-refractivity contribution < 1.29 is 19.9 Å². The van der Waals surface area contributed by atoms with Gasteiger partial charge in [-0.1, -0.05) is 0 Å². The third-order valence-electron chi connectivity index (χ3n) is 5.22. The number of benzene rings is 1. The third-order valence-corrected chi connectivity index (χ3v) is 5.22. The molecule has 2 fully saturated rings. The highest BCUT2D eigenvalue weighted by Crippen LogP contribution is 2.46. The molecule has 10 nitrogen and oxygen atoms in total. The lowest BCUT2D eigenvalue weighted by atomic mass is 9.77. The number of esters is 1. The molecule has 148 valence electrons. The van der Waals surface area contributed by atoms with Gasteiger partial charge in [0.05, 0.1) is 18.2 Å². The molecule has 0 spiro atoms. The SMILES string of the molecule is CCOC(=O)C1C2CCC1CC(=NNc1ccc(N([O-])[O-])cc1N(O)O)C2. The lowest BCUT2D eigenvalue weighted by Crippen LogP contribution is -2.33. The molecule has 0 saturated heterocycles. The summed E-state index contributed by atoms with van der Waals surface area (Å²) in [5.74, 6) is 0.189. The molecule has 2 unspecified atom stereocenters. The van der Waals surface area contributed by atoms with Gasteiger partial charge in [-0.15, -0.1) is 5.23 Å². The summed E-state index contributed by atoms with van der Waals surface area (Å²) in [6.07, 6.45) is 3.24. The van der Waals surface area contributed by atoms with E-state index in [-0.39, 0.29) is 46.0 Å². The van der Waals surface area contributed by atoms with Crippen LogP contribution in [0.2, 0.25) is 0 Å². The summed E-state index contributed by atoms with van der Waals surface area (Å²) in [6, 6.07) is 3.64. The second-order valence-electron chi connectivity index (χ2n) is 6.82. The van der Waals surface area contributed by atoms with Crippen LogP contribution in [0.25, 0.3) is 0 Å². The van der Waals surface area contributed by atoms with Crippen LogP contribution in [0.4, 0.5) is 17.1 Å². The van der Waals surface area contributed by atoms with Gasteiger partial charge >= 0.3 is 5.97 Å². The van der Waals surface area contributed by atoms with E-state index >= 15 is 0 Å². The Bertz CT molecular complexity index is 707. The predicted molar refractivity (Wildman–Crippen MR) is 98.3 cm³/mol. The second-order valence-corrected chi connectivity index (χ2v) is 6.82. The van der Waals surface area contributed by atoms with Crippen LogP contribution in [-0.2, 0) is 9.53 Å². The summed E-state index contributed by atoms with van der Waals surface area (Å²) in [4.78, 5) is 12.2. The molecule has 2 bridgehead atoms. The maximum Gasteiger partial charge on any atom is 0.309 e. The van der Waals surface area contributed by atoms with E-state index in [1.54, 1.807) is 6.92 Å². The maximum atomic E-state index is 12.2. The molecule has 1 aromatic rings. The first-order valence-electron chi connectivity index (χ1n) is 8.85. The average molecular weight is 378 g/mol. The molecule has 27 heavy (non-hydrogen) atoms. The summed E-state index contributed by atoms with van der Waals surface area (Å²) in [5, 5.41) is 43.8. The number of carbonyl (C=O) groups is 1. The van der Waals surface area contributed by atoms with Crippen LogP contribution in [0.5, 0.6) is 0 Å². The molecule has 0 amide bonds. The van der Waals surface area contributed by atoms with Crippen LogP contribution in [0.3, 0.4) is 0 Å². The van der Waals surface area contributed by atoms with Crippen molar-refractivity contribution in [3.63, 3.8) is 0 Å². The number of ether oxygens (including phenoxy) is 1. The molecule has 0 heterocycles. The van der Waals surface area contributed by atoms with Crippen LogP contribution in [0.15, 0.2) is 23.3 Å². The van der Waals surface area contributed by atoms with Crippen molar-refractivity contribution in [2.75, 3.05) is 22.5 Å². The Kier molecular flexibility index (Phi) is 5.80. The van der Waals surface area contributed by atoms with Crippen molar-refractivity contribution in [2.24, 2.45) is 22.9 Å². The Hall–Kier alpha value is -2.40. The van der Waals surface area contributed by atoms with E-state index in [1.807, 2.05) is 0 Å². The Labute approximate surface area is 156 Å². The van der Waals surface area contributed by atoms with Gasteiger partial charge in [0, 0.05) is 11.4 Å². The number of carbonyl (C=O) groups excluding carboxylic acids is 1. The van der Waals surface area contributed by atoms with Crippen molar-refractivity contribution in [3.05, 3.63) is 28.6 Å². The number of rotatable bonds is 6. The number of hydrazone groups is 1. The smallest absolute Gasteiger partial charge is 0.309 e. The van der Waals surface area contributed by atoms with Gasteiger partial charge in [0.15, 0.2) is 0 Å². The van der Waals surface area contributed by atoms with E-state index in [1.165, 1.54) is 12.1 Å². The fraction of sp³-hybridized carbons (Fsp3) is 0.529. The first kappa shape index (κ1) is 19.4. The van der Waals surface area contributed by atoms with E-state index in [0.717, 1.165) is 24.6 Å². The molecule has 2 aliphatic rings. The molecule has 0 aliphatic heterocycles. The van der Waals surface area contributed by atoms with Crippen molar-refractivity contribution >= 4 is 28.7 Å². The van der Waals surface area contributed by atoms with E-state index in [9.17, 15) is 25.6 Å². The van der Waals surface area contributed by atoms with E-state index in [0.29, 0.717) is 19.4 Å². The molecule has 3 rings (SSSR count). The number of nitrogens with zero attached hydrogens (tertiary/aromatic N) is 3. The lowest BCUT2D eigenvalue weighted by molar-refractivity contribution is -0.151. The maximum absolute atomic E-state index is 12.2. The molecule has 2 saturated carbocycles. The third kappa shape index (κ3) is 4.14. The van der Waals surface area contributed by atoms with Crippen LogP contribution >= 0.6 is 0 Å². The van der Waals surface area contributed by atoms with Crippen molar-refractivity contribution in [1.82, 2.24) is 0 Å². The van der Waals surface area contributed by atoms with E-state index in [4.69, 9.17) is 4.74 Å². The van der Waals surface area contributed by atoms with E-state index in [2.05, 4.69) is 10.5 Å². The van der Waals surface area contributed by atoms with Crippen molar-refractivity contribution in [2.45, 2.75) is 32.6 Å². The molecule has 0 aromatic heterocycles. The van der Waals surface area contributed by atoms with Gasteiger partial charge in [-0.2, -0.15) is 5.10 Å². The van der Waals surface area contributed by atoms with Crippen LogP contribution in [-0.4, -0.2) is 28.7 Å². The highest BCUT2D eigenvalue weighted by atomic mass is 16.8. The zero-order chi connectivity index (χ0) is 19.6. The number of nitrogens with one attached hydrogen (secondary N) is 1. The Morgan fingerprint density at radius 2 is 1.96 bits per heavy atom. The molecule has 2 atom stereocenters. The summed E-state index contributed by atoms with van der Waals surface area (Å²) in [6.45, 7) is 2.17. The zero-order valence-electron chi connectivity index (χ0n) is 14.9. The topological polar surface area (TPSA) is 144 Å². The summed E-state index contributed by atoms with van der Waals surface area (Å²) < 4.78 is 5.19. The minimum absolute atomic E-state index is 0.0794. The van der Waals surface area contributed by atoms with Crippen LogP contribution in [0, 0.1) is 28.2 Å². The first-order valence-corrected chi connectivity index (χ1v) is 8.85. The molecular formula is C17H22N4O6-2.